The molecule has 0 aromatic heterocycles. The van der Waals surface area contributed by atoms with Gasteiger partial charge in [0.05, 0.1) is 17.4 Å². The van der Waals surface area contributed by atoms with E-state index in [1.165, 1.54) is 0 Å². The van der Waals surface area contributed by atoms with Crippen molar-refractivity contribution in [3.63, 3.8) is 0 Å². The average Bonchev–Trinajstić information content (AvgIpc) is 2.86. The molecule has 12 heteroatoms. The zero-order valence-electron chi connectivity index (χ0n) is 20.7. The van der Waals surface area contributed by atoms with E-state index in [1.807, 2.05) is 39.0 Å². The van der Waals surface area contributed by atoms with Gasteiger partial charge in [0, 0.05) is 51.9 Å². The summed E-state index contributed by atoms with van der Waals surface area (Å²) in [7, 11) is 0. The molecular weight excluding hydrogens is 486 g/mol. The van der Waals surface area contributed by atoms with Crippen LogP contribution < -0.4 is 0 Å². The number of hydrogen-bond acceptors (Lipinski definition) is 11. The summed E-state index contributed by atoms with van der Waals surface area (Å²) < 4.78 is 10.2. The lowest BCUT2D eigenvalue weighted by Gasteiger charge is -2.37. The molecule has 0 saturated carbocycles. The van der Waals surface area contributed by atoms with Gasteiger partial charge in [-0.25, -0.2) is 0 Å². The van der Waals surface area contributed by atoms with Gasteiger partial charge in [-0.15, -0.1) is 0 Å². The molecule has 0 radical (unpaired) electrons. The number of aliphatic imine (C=N–C) groups is 1. The molecule has 0 spiro atoms. The first kappa shape index (κ1) is 29.5. The van der Waals surface area contributed by atoms with Gasteiger partial charge in [0.2, 0.25) is 0 Å². The number of ether oxygens (including phenoxy) is 2. The SMILES string of the molecule is CCN1CCN(COC=O)CCN(COC=O)C(Cc2ccc(N=C=S)cc2)CN(CC(=O)O)CC1. The third-order valence-corrected chi connectivity index (χ3v) is 6.27. The fraction of sp³-hybridized carbons (Fsp3) is 0.583. The van der Waals surface area contributed by atoms with Gasteiger partial charge in [0.1, 0.15) is 13.5 Å². The second-order valence-corrected chi connectivity index (χ2v) is 8.69. The second-order valence-electron chi connectivity index (χ2n) is 8.50. The summed E-state index contributed by atoms with van der Waals surface area (Å²) >= 11 is 4.67. The first-order valence-corrected chi connectivity index (χ1v) is 12.3. The van der Waals surface area contributed by atoms with E-state index in [0.717, 1.165) is 18.7 Å². The Morgan fingerprint density at radius 1 is 1.03 bits per heavy atom. The maximum Gasteiger partial charge on any atom is 0.317 e. The molecule has 1 aromatic rings. The van der Waals surface area contributed by atoms with Gasteiger partial charge < -0.3 is 19.5 Å². The molecule has 1 unspecified atom stereocenters. The van der Waals surface area contributed by atoms with Crippen molar-refractivity contribution in [3.8, 4) is 0 Å². The molecule has 2 rings (SSSR count). The number of thiocarbonyl (C=S) groups is 1. The van der Waals surface area contributed by atoms with Crippen molar-refractivity contribution in [2.24, 2.45) is 4.99 Å². The van der Waals surface area contributed by atoms with Gasteiger partial charge in [-0.3, -0.25) is 29.1 Å². The normalized spacial score (nSPS) is 19.3. The van der Waals surface area contributed by atoms with Crippen LogP contribution in [0.4, 0.5) is 5.69 Å². The number of carbonyl (C=O) groups is 3. The number of likely N-dealkylation sites (N-methyl/N-ethyl adjacent to an activating group) is 1. The van der Waals surface area contributed by atoms with E-state index in [0.29, 0.717) is 64.3 Å². The topological polar surface area (TPSA) is 115 Å². The Bertz CT molecular complexity index is 867. The predicted octanol–water partition coefficient (Wildman–Crippen LogP) is 0.919. The molecule has 1 aromatic carbocycles. The van der Waals surface area contributed by atoms with Crippen LogP contribution in [-0.4, -0.2) is 127 Å². The van der Waals surface area contributed by atoms with Crippen LogP contribution in [0, 0.1) is 0 Å². The van der Waals surface area contributed by atoms with Crippen LogP contribution >= 0.6 is 12.2 Å². The molecule has 0 amide bonds. The van der Waals surface area contributed by atoms with E-state index in [2.05, 4.69) is 34.2 Å². The summed E-state index contributed by atoms with van der Waals surface area (Å²) in [5.74, 6) is -0.890. The fourth-order valence-electron chi connectivity index (χ4n) is 4.18. The Morgan fingerprint density at radius 2 is 1.64 bits per heavy atom. The van der Waals surface area contributed by atoms with E-state index < -0.39 is 5.97 Å². The lowest BCUT2D eigenvalue weighted by molar-refractivity contribution is -0.139. The summed E-state index contributed by atoms with van der Waals surface area (Å²) in [4.78, 5) is 45.7. The number of rotatable bonds is 12. The Balaban J connectivity index is 2.34. The first-order valence-electron chi connectivity index (χ1n) is 11.9. The number of isothiocyanates is 1. The average molecular weight is 522 g/mol. The summed E-state index contributed by atoms with van der Waals surface area (Å²) in [6.45, 7) is 8.16. The van der Waals surface area contributed by atoms with Crippen molar-refractivity contribution in [2.45, 2.75) is 19.4 Å². The molecule has 1 atom stereocenters. The van der Waals surface area contributed by atoms with E-state index in [4.69, 9.17) is 9.47 Å². The summed E-state index contributed by atoms with van der Waals surface area (Å²) in [6, 6.07) is 7.45. The van der Waals surface area contributed by atoms with Crippen molar-refractivity contribution >= 4 is 42.0 Å². The molecule has 1 saturated heterocycles. The molecule has 1 heterocycles. The molecule has 1 N–H and O–H groups in total. The van der Waals surface area contributed by atoms with Crippen LogP contribution in [0.2, 0.25) is 0 Å². The monoisotopic (exact) mass is 521 g/mol. The van der Waals surface area contributed by atoms with Crippen LogP contribution in [0.1, 0.15) is 12.5 Å². The van der Waals surface area contributed by atoms with Gasteiger partial charge in [0.15, 0.2) is 0 Å². The third kappa shape index (κ3) is 10.9. The van der Waals surface area contributed by atoms with Crippen molar-refractivity contribution in [1.29, 1.82) is 0 Å². The number of carbonyl (C=O) groups excluding carboxylic acids is 2. The fourth-order valence-corrected chi connectivity index (χ4v) is 4.29. The molecule has 36 heavy (non-hydrogen) atoms. The van der Waals surface area contributed by atoms with Crippen LogP contribution in [0.3, 0.4) is 0 Å². The van der Waals surface area contributed by atoms with Gasteiger partial charge >= 0.3 is 5.97 Å². The first-order chi connectivity index (χ1) is 17.5. The number of nitrogens with zero attached hydrogens (tertiary/aromatic N) is 5. The number of aliphatic carboxylic acids is 1. The number of carboxylic acid groups (broad SMARTS) is 1. The molecule has 0 bridgehead atoms. The quantitative estimate of drug-likeness (QED) is 0.240. The molecule has 198 valence electrons. The van der Waals surface area contributed by atoms with Gasteiger partial charge in [-0.1, -0.05) is 19.1 Å². The minimum Gasteiger partial charge on any atom is -0.480 e. The third-order valence-electron chi connectivity index (χ3n) is 6.18. The molecule has 1 aliphatic rings. The number of benzene rings is 1. The lowest BCUT2D eigenvalue weighted by Crippen LogP contribution is -2.52. The van der Waals surface area contributed by atoms with E-state index in [9.17, 15) is 19.5 Å². The molecule has 11 nitrogen and oxygen atoms in total. The lowest BCUT2D eigenvalue weighted by atomic mass is 10.0. The summed E-state index contributed by atoms with van der Waals surface area (Å²) in [5, 5.41) is 11.9. The molecule has 0 aliphatic carbocycles. The van der Waals surface area contributed by atoms with Crippen LogP contribution in [0.25, 0.3) is 0 Å². The van der Waals surface area contributed by atoms with Crippen LogP contribution in [-0.2, 0) is 30.3 Å². The standard InChI is InChI=1S/C24H35N5O6S/c1-2-26-7-9-27(17-34-19-30)11-12-29(18-35-20-31)23(14-28(10-8-26)15-24(32)33)13-21-3-5-22(6-4-21)25-16-36/h3-6,19-20,23H,2,7-15,17-18H2,1H3,(H,32,33). The van der Waals surface area contributed by atoms with Crippen molar-refractivity contribution in [2.75, 3.05) is 72.4 Å². The minimum atomic E-state index is -0.890. The highest BCUT2D eigenvalue weighted by molar-refractivity contribution is 7.78. The highest BCUT2D eigenvalue weighted by Crippen LogP contribution is 2.17. The zero-order chi connectivity index (χ0) is 26.2. The zero-order valence-corrected chi connectivity index (χ0v) is 21.5. The summed E-state index contributed by atoms with van der Waals surface area (Å²) in [6.07, 6.45) is 0.599. The second kappa shape index (κ2) is 16.9. The minimum absolute atomic E-state index is 0.0613. The maximum atomic E-state index is 11.6. The van der Waals surface area contributed by atoms with Crippen molar-refractivity contribution in [1.82, 2.24) is 19.6 Å². The molecular formula is C24H35N5O6S. The van der Waals surface area contributed by atoms with Crippen LogP contribution in [0.15, 0.2) is 29.3 Å². The Kier molecular flexibility index (Phi) is 13.8. The largest absolute Gasteiger partial charge is 0.480 e. The molecule has 1 fully saturated rings. The van der Waals surface area contributed by atoms with E-state index >= 15 is 0 Å². The van der Waals surface area contributed by atoms with Crippen molar-refractivity contribution < 1.29 is 29.0 Å². The van der Waals surface area contributed by atoms with Gasteiger partial charge in [-0.05, 0) is 42.9 Å². The predicted molar refractivity (Wildman–Crippen MR) is 137 cm³/mol. The van der Waals surface area contributed by atoms with E-state index in [-0.39, 0.29) is 26.0 Å². The van der Waals surface area contributed by atoms with Crippen LogP contribution in [0.5, 0.6) is 0 Å². The Hall–Kier alpha value is -2.73. The smallest absolute Gasteiger partial charge is 0.317 e. The highest BCUT2D eigenvalue weighted by Gasteiger charge is 2.25. The Morgan fingerprint density at radius 3 is 2.25 bits per heavy atom. The maximum absolute atomic E-state index is 11.6. The van der Waals surface area contributed by atoms with Gasteiger partial charge in [0.25, 0.3) is 12.9 Å². The highest BCUT2D eigenvalue weighted by atomic mass is 32.1. The molecule has 1 aliphatic heterocycles. The number of carboxylic acids is 1. The van der Waals surface area contributed by atoms with E-state index in [1.54, 1.807) is 0 Å². The number of hydrogen-bond donors (Lipinski definition) is 1. The summed E-state index contributed by atoms with van der Waals surface area (Å²) in [5.41, 5.74) is 1.73. The van der Waals surface area contributed by atoms with Crippen molar-refractivity contribution in [3.05, 3.63) is 29.8 Å². The van der Waals surface area contributed by atoms with Gasteiger partial charge in [-0.2, -0.15) is 4.99 Å². The Labute approximate surface area is 217 Å².